The first-order chi connectivity index (χ1) is 7.88. The molecule has 2 nitrogen and oxygen atoms in total. The first kappa shape index (κ1) is 14.0. The van der Waals surface area contributed by atoms with Crippen LogP contribution >= 0.6 is 0 Å². The fourth-order valence-corrected chi connectivity index (χ4v) is 2.72. The Morgan fingerprint density at radius 2 is 2.00 bits per heavy atom. The smallest absolute Gasteiger partial charge is 0.00951 e. The molecule has 0 aromatic carbocycles. The summed E-state index contributed by atoms with van der Waals surface area (Å²) in [4.78, 5) is 2.74. The van der Waals surface area contributed by atoms with Gasteiger partial charge in [0.05, 0.1) is 0 Å². The third-order valence-corrected chi connectivity index (χ3v) is 3.60. The van der Waals surface area contributed by atoms with Gasteiger partial charge in [0, 0.05) is 6.04 Å². The number of nitrogens with zero attached hydrogens (tertiary/aromatic N) is 1. The van der Waals surface area contributed by atoms with Crippen LogP contribution in [0.1, 0.15) is 58.8 Å². The van der Waals surface area contributed by atoms with Gasteiger partial charge in [-0.15, -0.1) is 0 Å². The minimum Gasteiger partial charge on any atom is -0.317 e. The number of nitrogens with one attached hydrogen (secondary N) is 1. The van der Waals surface area contributed by atoms with E-state index in [-0.39, 0.29) is 0 Å². The summed E-state index contributed by atoms with van der Waals surface area (Å²) in [6.07, 6.45) is 9.63. The molecule has 0 aliphatic carbocycles. The molecule has 1 unspecified atom stereocenters. The number of piperidine rings is 1. The second-order valence-corrected chi connectivity index (χ2v) is 5.08. The molecule has 1 rings (SSSR count). The molecular weight excluding hydrogens is 196 g/mol. The largest absolute Gasteiger partial charge is 0.317 e. The van der Waals surface area contributed by atoms with Gasteiger partial charge in [0.15, 0.2) is 0 Å². The predicted octanol–water partition coefficient (Wildman–Crippen LogP) is 3.03. The molecule has 1 fully saturated rings. The zero-order valence-electron chi connectivity index (χ0n) is 11.3. The average Bonchev–Trinajstić information content (AvgIpc) is 2.31. The highest BCUT2D eigenvalue weighted by molar-refractivity contribution is 4.76. The maximum atomic E-state index is 3.49. The molecule has 0 bridgehead atoms. The molecule has 0 radical (unpaired) electrons. The van der Waals surface area contributed by atoms with Crippen molar-refractivity contribution in [1.82, 2.24) is 10.2 Å². The van der Waals surface area contributed by atoms with E-state index in [1.54, 1.807) is 0 Å². The highest BCUT2D eigenvalue weighted by Crippen LogP contribution is 2.20. The van der Waals surface area contributed by atoms with Crippen LogP contribution in [0.25, 0.3) is 0 Å². The molecule has 1 N–H and O–H groups in total. The van der Waals surface area contributed by atoms with Gasteiger partial charge in [0.2, 0.25) is 0 Å². The summed E-state index contributed by atoms with van der Waals surface area (Å²) >= 11 is 0. The van der Waals surface area contributed by atoms with Crippen LogP contribution in [0.5, 0.6) is 0 Å². The lowest BCUT2D eigenvalue weighted by molar-refractivity contribution is 0.138. The van der Waals surface area contributed by atoms with Crippen LogP contribution in [0.2, 0.25) is 0 Å². The second-order valence-electron chi connectivity index (χ2n) is 5.08. The Hall–Kier alpha value is -0.0800. The molecule has 2 heteroatoms. The van der Waals surface area contributed by atoms with E-state index in [9.17, 15) is 0 Å². The van der Waals surface area contributed by atoms with E-state index in [4.69, 9.17) is 0 Å². The molecule has 1 aliphatic heterocycles. The van der Waals surface area contributed by atoms with Crippen LogP contribution in [0.4, 0.5) is 0 Å². The van der Waals surface area contributed by atoms with Crippen LogP contribution < -0.4 is 5.32 Å². The molecule has 1 heterocycles. The number of hydrogen-bond donors (Lipinski definition) is 1. The first-order valence-electron chi connectivity index (χ1n) is 7.33. The van der Waals surface area contributed by atoms with Crippen LogP contribution in [-0.4, -0.2) is 37.1 Å². The molecule has 1 aliphatic rings. The molecule has 0 aromatic rings. The van der Waals surface area contributed by atoms with Crippen molar-refractivity contribution >= 4 is 0 Å². The Balaban J connectivity index is 2.11. The van der Waals surface area contributed by atoms with Crippen LogP contribution in [0.15, 0.2) is 0 Å². The Labute approximate surface area is 102 Å². The monoisotopic (exact) mass is 226 g/mol. The number of rotatable bonds is 8. The Morgan fingerprint density at radius 3 is 2.75 bits per heavy atom. The normalized spacial score (nSPS) is 22.5. The van der Waals surface area contributed by atoms with E-state index in [1.165, 1.54) is 71.1 Å². The van der Waals surface area contributed by atoms with Crippen LogP contribution in [0, 0.1) is 0 Å². The fraction of sp³-hybridized carbons (Fsp3) is 1.00. The molecule has 96 valence electrons. The van der Waals surface area contributed by atoms with Crippen molar-refractivity contribution in [2.75, 3.05) is 26.2 Å². The summed E-state index contributed by atoms with van der Waals surface area (Å²) in [5.74, 6) is 0. The fourth-order valence-electron chi connectivity index (χ4n) is 2.72. The quantitative estimate of drug-likeness (QED) is 0.640. The molecule has 1 atom stereocenters. The van der Waals surface area contributed by atoms with Gasteiger partial charge < -0.3 is 10.2 Å². The van der Waals surface area contributed by atoms with E-state index in [0.29, 0.717) is 0 Å². The number of likely N-dealkylation sites (tertiary alicyclic amines) is 1. The summed E-state index contributed by atoms with van der Waals surface area (Å²) in [7, 11) is 0. The van der Waals surface area contributed by atoms with Crippen molar-refractivity contribution in [1.29, 1.82) is 0 Å². The van der Waals surface area contributed by atoms with Crippen molar-refractivity contribution in [3.8, 4) is 0 Å². The number of hydrogen-bond acceptors (Lipinski definition) is 2. The maximum Gasteiger partial charge on any atom is 0.00951 e. The van der Waals surface area contributed by atoms with Crippen LogP contribution in [-0.2, 0) is 0 Å². The SMILES string of the molecule is CCCNCCCN1CCCCC1CCC. The standard InChI is InChI=1S/C14H30N2/c1-3-8-14-9-5-6-12-16(14)13-7-11-15-10-4-2/h14-15H,3-13H2,1-2H3. The third-order valence-electron chi connectivity index (χ3n) is 3.60. The zero-order chi connectivity index (χ0) is 11.6. The first-order valence-corrected chi connectivity index (χ1v) is 7.33. The third kappa shape index (κ3) is 5.31. The summed E-state index contributed by atoms with van der Waals surface area (Å²) in [6, 6.07) is 0.893. The van der Waals surface area contributed by atoms with Gasteiger partial charge in [-0.05, 0) is 58.3 Å². The molecule has 0 saturated carbocycles. The van der Waals surface area contributed by atoms with Gasteiger partial charge in [0.25, 0.3) is 0 Å². The molecule has 1 saturated heterocycles. The lowest BCUT2D eigenvalue weighted by Crippen LogP contribution is -2.40. The van der Waals surface area contributed by atoms with Gasteiger partial charge >= 0.3 is 0 Å². The highest BCUT2D eigenvalue weighted by atomic mass is 15.2. The summed E-state index contributed by atoms with van der Waals surface area (Å²) in [5.41, 5.74) is 0. The van der Waals surface area contributed by atoms with Gasteiger partial charge in [-0.2, -0.15) is 0 Å². The van der Waals surface area contributed by atoms with Crippen molar-refractivity contribution in [2.24, 2.45) is 0 Å². The van der Waals surface area contributed by atoms with E-state index in [1.807, 2.05) is 0 Å². The van der Waals surface area contributed by atoms with Crippen molar-refractivity contribution < 1.29 is 0 Å². The lowest BCUT2D eigenvalue weighted by Gasteiger charge is -2.35. The Morgan fingerprint density at radius 1 is 1.12 bits per heavy atom. The van der Waals surface area contributed by atoms with E-state index < -0.39 is 0 Å². The Bertz CT molecular complexity index is 157. The van der Waals surface area contributed by atoms with Crippen LogP contribution in [0.3, 0.4) is 0 Å². The lowest BCUT2D eigenvalue weighted by atomic mass is 9.98. The molecular formula is C14H30N2. The summed E-state index contributed by atoms with van der Waals surface area (Å²) in [6.45, 7) is 9.58. The van der Waals surface area contributed by atoms with E-state index in [2.05, 4.69) is 24.1 Å². The van der Waals surface area contributed by atoms with Gasteiger partial charge in [-0.3, -0.25) is 0 Å². The predicted molar refractivity (Wildman–Crippen MR) is 71.9 cm³/mol. The average molecular weight is 226 g/mol. The van der Waals surface area contributed by atoms with Gasteiger partial charge in [-0.25, -0.2) is 0 Å². The minimum atomic E-state index is 0.893. The maximum absolute atomic E-state index is 3.49. The summed E-state index contributed by atoms with van der Waals surface area (Å²) < 4.78 is 0. The van der Waals surface area contributed by atoms with Crippen molar-refractivity contribution in [3.63, 3.8) is 0 Å². The molecule has 0 spiro atoms. The van der Waals surface area contributed by atoms with E-state index >= 15 is 0 Å². The van der Waals surface area contributed by atoms with Gasteiger partial charge in [0.1, 0.15) is 0 Å². The zero-order valence-corrected chi connectivity index (χ0v) is 11.3. The minimum absolute atomic E-state index is 0.893. The molecule has 0 amide bonds. The topological polar surface area (TPSA) is 15.3 Å². The molecule has 16 heavy (non-hydrogen) atoms. The summed E-state index contributed by atoms with van der Waals surface area (Å²) in [5, 5.41) is 3.49. The van der Waals surface area contributed by atoms with Crippen molar-refractivity contribution in [2.45, 2.75) is 64.8 Å². The van der Waals surface area contributed by atoms with E-state index in [0.717, 1.165) is 6.04 Å². The Kier molecular flexibility index (Phi) is 7.87. The highest BCUT2D eigenvalue weighted by Gasteiger charge is 2.20. The second kappa shape index (κ2) is 9.00. The van der Waals surface area contributed by atoms with Gasteiger partial charge in [-0.1, -0.05) is 26.7 Å². The van der Waals surface area contributed by atoms with Crippen molar-refractivity contribution in [3.05, 3.63) is 0 Å². The molecule has 0 aromatic heterocycles.